The molecule has 0 bridgehead atoms. The van der Waals surface area contributed by atoms with Gasteiger partial charge in [0, 0.05) is 110 Å². The SMILES string of the molecule is [2H]c1c([2H])c([2H])c2c(c1[2H])c1c([2H])c([2H])c([2H])c([2H])c1n2-c1ccc2c3cccc(N4c5cc(-n6c7ccc(C(C)(C)C)cc7c7cc(C(C)(C)C)ccc76)ccc5B5c6ccc(-n7c8ccc(C(C)(C)C)cc8c8cc(C(C)(C)C)ccc87)cc6N(c6c(-c7ccccc7)cc(C(C)(C)C)cc6-c6ccc(C(C)(C)C)cc6)c6cc(-n7c8ccc(C#N)cc8c8cc(C(C)(C)C)ccc87)cc4c65)c3n(-c3ccccc3)c2c1. The van der Waals surface area contributed by atoms with Gasteiger partial charge in [0.1, 0.15) is 0 Å². The Kier molecular flexibility index (Phi) is 17.4. The van der Waals surface area contributed by atoms with Crippen LogP contribution in [-0.2, 0) is 37.9 Å². The van der Waals surface area contributed by atoms with Crippen molar-refractivity contribution >= 4 is 166 Å². The van der Waals surface area contributed by atoms with Gasteiger partial charge in [0.15, 0.2) is 0 Å². The Hall–Kier alpha value is -15.1. The van der Waals surface area contributed by atoms with Gasteiger partial charge in [-0.15, -0.1) is 0 Å². The topological polar surface area (TPSA) is 54.9 Å². The van der Waals surface area contributed by atoms with E-state index in [1.807, 2.05) is 24.3 Å². The van der Waals surface area contributed by atoms with Gasteiger partial charge >= 0.3 is 0 Å². The van der Waals surface area contributed by atoms with Crippen molar-refractivity contribution in [2.24, 2.45) is 0 Å². The summed E-state index contributed by atoms with van der Waals surface area (Å²) in [6.07, 6.45) is 0. The standard InChI is InChI=1S/C131H119BN8/c1-125(2,3)82-46-44-81(45-47-82)99-72-88(131(19,20)21)71-98(80-33-24-22-25-34-80)123(99)140-119-75-92(136-113-62-50-86(129(13,14)15)69-104(113)105-70-87(130(16,17)18)51-63-114(105)136)55-58-107(119)132-106-57-54-91(135-111-60-48-84(127(7,8)9)67-102(111)103-68-85(128(10,11)12)49-61-112(103)135)74-118(106)139(120-76-93(77-121(140)122(120)132)137-110-59-43-79(78-133)65-100(110)101-66-83(126(4,5)6)52-64-115(101)137)116-42-32-39-97-96-56-53-90(73-117(96)138(124(97)116)89-35-26-23-27-36-89)134-108-40-30-28-37-94(108)95-38-29-31-41-109(95)134/h22-77H,1-21H3/i28D,29D,30D,31D,37D,38D,40D,41D. The molecule has 0 amide bonds. The first kappa shape index (κ1) is 78.9. The number of benzene rings is 17. The van der Waals surface area contributed by atoms with E-state index in [1.165, 1.54) is 44.2 Å². The van der Waals surface area contributed by atoms with E-state index in [2.05, 4.69) is 446 Å². The molecule has 2 aliphatic heterocycles. The van der Waals surface area contributed by atoms with Crippen LogP contribution in [0.3, 0.4) is 0 Å². The number of nitrogens with zero attached hydrogens (tertiary/aromatic N) is 8. The molecule has 9 heteroatoms. The first-order valence-corrected chi connectivity index (χ1v) is 49.4. The van der Waals surface area contributed by atoms with Crippen LogP contribution in [0.1, 0.15) is 201 Å². The van der Waals surface area contributed by atoms with E-state index < -0.39 is 43.0 Å². The van der Waals surface area contributed by atoms with E-state index >= 15 is 0 Å². The normalized spacial score (nSPS) is 14.2. The van der Waals surface area contributed by atoms with E-state index in [4.69, 9.17) is 2.74 Å². The molecule has 0 spiro atoms. The van der Waals surface area contributed by atoms with Crippen molar-refractivity contribution in [2.45, 2.75) is 183 Å². The number of fused-ring (bicyclic) bond motifs is 19. The van der Waals surface area contributed by atoms with Gasteiger partial charge in [0.05, 0.1) is 94.8 Å². The minimum absolute atomic E-state index is 0.00269. The third-order valence-corrected chi connectivity index (χ3v) is 30.2. The lowest BCUT2D eigenvalue weighted by Crippen LogP contribution is -2.61. The van der Waals surface area contributed by atoms with Crippen molar-refractivity contribution in [3.63, 3.8) is 0 Å². The lowest BCUT2D eigenvalue weighted by Gasteiger charge is -2.45. The zero-order valence-electron chi connectivity index (χ0n) is 91.9. The van der Waals surface area contributed by atoms with Crippen molar-refractivity contribution in [1.29, 1.82) is 5.26 Å². The van der Waals surface area contributed by atoms with Crippen LogP contribution in [0.2, 0.25) is 0 Å². The van der Waals surface area contributed by atoms with Crippen LogP contribution in [0.25, 0.3) is 160 Å². The summed E-state index contributed by atoms with van der Waals surface area (Å²) in [5, 5.41) is 19.5. The fraction of sp³-hybridized carbons (Fsp3) is 0.214. The highest BCUT2D eigenvalue weighted by atomic mass is 15.2. The lowest BCUT2D eigenvalue weighted by atomic mass is 9.33. The first-order chi connectivity index (χ1) is 70.1. The van der Waals surface area contributed by atoms with Crippen LogP contribution in [-0.4, -0.2) is 29.5 Å². The largest absolute Gasteiger partial charge is 0.310 e. The predicted octanol–water partition coefficient (Wildman–Crippen LogP) is 33.5. The van der Waals surface area contributed by atoms with Gasteiger partial charge in [-0.1, -0.05) is 315 Å². The summed E-state index contributed by atoms with van der Waals surface area (Å²) in [4.78, 5) is 5.25. The Balaban J connectivity index is 0.906. The first-order valence-electron chi connectivity index (χ1n) is 53.4. The third-order valence-electron chi connectivity index (χ3n) is 30.2. The summed E-state index contributed by atoms with van der Waals surface area (Å²) >= 11 is 0. The molecule has 22 aromatic rings. The van der Waals surface area contributed by atoms with E-state index in [0.717, 1.165) is 172 Å². The third kappa shape index (κ3) is 13.8. The molecule has 686 valence electrons. The van der Waals surface area contributed by atoms with Crippen LogP contribution >= 0.6 is 0 Å². The molecule has 0 aliphatic carbocycles. The monoisotopic (exact) mass is 1820 g/mol. The van der Waals surface area contributed by atoms with Crippen LogP contribution in [0.4, 0.5) is 34.1 Å². The summed E-state index contributed by atoms with van der Waals surface area (Å²) in [5.41, 5.74) is 32.3. The molecular weight excluding hydrogens is 1700 g/mol. The molecule has 0 unspecified atom stereocenters. The Morgan fingerprint density at radius 2 is 0.614 bits per heavy atom. The average molecular weight is 1820 g/mol. The highest BCUT2D eigenvalue weighted by molar-refractivity contribution is 7.00. The second kappa shape index (κ2) is 30.9. The van der Waals surface area contributed by atoms with Crippen LogP contribution in [0, 0.1) is 11.3 Å². The molecule has 17 aromatic carbocycles. The number of hydrogen-bond acceptors (Lipinski definition) is 3. The minimum Gasteiger partial charge on any atom is -0.310 e. The second-order valence-corrected chi connectivity index (χ2v) is 46.4. The van der Waals surface area contributed by atoms with Crippen molar-refractivity contribution in [3.8, 4) is 56.8 Å². The Morgan fingerprint density at radius 1 is 0.243 bits per heavy atom. The molecule has 7 heterocycles. The van der Waals surface area contributed by atoms with Crippen molar-refractivity contribution < 1.29 is 11.0 Å². The van der Waals surface area contributed by atoms with Gasteiger partial charge in [0.25, 0.3) is 6.71 Å². The number of para-hydroxylation sites is 4. The molecule has 0 radical (unpaired) electrons. The molecule has 0 saturated carbocycles. The predicted molar refractivity (Wildman–Crippen MR) is 599 cm³/mol. The van der Waals surface area contributed by atoms with E-state index in [0.29, 0.717) is 16.8 Å². The summed E-state index contributed by atoms with van der Waals surface area (Å²) in [6, 6.07) is 109. The lowest BCUT2D eigenvalue weighted by molar-refractivity contribution is 0.590. The summed E-state index contributed by atoms with van der Waals surface area (Å²) in [6.45, 7) is 47.8. The molecule has 2 aliphatic rings. The molecule has 140 heavy (non-hydrogen) atoms. The van der Waals surface area contributed by atoms with Gasteiger partial charge < -0.3 is 32.6 Å². The molecule has 24 rings (SSSR count). The van der Waals surface area contributed by atoms with Crippen LogP contribution in [0.15, 0.2) is 340 Å². The summed E-state index contributed by atoms with van der Waals surface area (Å²) < 4.78 is 87.2. The molecule has 0 atom stereocenters. The summed E-state index contributed by atoms with van der Waals surface area (Å²) in [5.74, 6) is 0. The van der Waals surface area contributed by atoms with E-state index in [1.54, 1.807) is 4.57 Å². The molecule has 5 aromatic heterocycles. The van der Waals surface area contributed by atoms with Gasteiger partial charge in [0.2, 0.25) is 0 Å². The molecule has 0 fully saturated rings. The van der Waals surface area contributed by atoms with Crippen LogP contribution in [0.5, 0.6) is 0 Å². The number of nitriles is 1. The molecule has 0 N–H and O–H groups in total. The van der Waals surface area contributed by atoms with E-state index in [-0.39, 0.29) is 71.8 Å². The maximum Gasteiger partial charge on any atom is 0.252 e. The number of hydrogen-bond donors (Lipinski definition) is 0. The fourth-order valence-corrected chi connectivity index (χ4v) is 22.6. The highest BCUT2D eigenvalue weighted by Crippen LogP contribution is 2.56. The number of rotatable bonds is 9. The second-order valence-electron chi connectivity index (χ2n) is 46.4. The number of aromatic nitrogens is 5. The zero-order chi connectivity index (χ0) is 104. The maximum absolute atomic E-state index is 11.2. The quantitative estimate of drug-likeness (QED) is 0.135. The average Bonchev–Trinajstić information content (AvgIpc) is 1.06. The van der Waals surface area contributed by atoms with Crippen molar-refractivity contribution in [3.05, 3.63) is 384 Å². The molecule has 0 saturated heterocycles. The molecule has 8 nitrogen and oxygen atoms in total. The Labute approximate surface area is 834 Å². The Bertz CT molecular complexity index is 9350. The Morgan fingerprint density at radius 3 is 1.06 bits per heavy atom. The van der Waals surface area contributed by atoms with Crippen molar-refractivity contribution in [1.82, 2.24) is 22.8 Å². The minimum atomic E-state index is -0.520. The highest BCUT2D eigenvalue weighted by Gasteiger charge is 2.47. The maximum atomic E-state index is 11.2. The summed E-state index contributed by atoms with van der Waals surface area (Å²) in [7, 11) is 0. The van der Waals surface area contributed by atoms with Gasteiger partial charge in [-0.05, 0) is 274 Å². The van der Waals surface area contributed by atoms with E-state index in [9.17, 15) is 13.5 Å². The smallest absolute Gasteiger partial charge is 0.252 e. The fourth-order valence-electron chi connectivity index (χ4n) is 22.6. The van der Waals surface area contributed by atoms with Gasteiger partial charge in [-0.25, -0.2) is 0 Å². The van der Waals surface area contributed by atoms with Gasteiger partial charge in [-0.3, -0.25) is 0 Å². The zero-order valence-corrected chi connectivity index (χ0v) is 83.9. The molecular formula is C131H119BN8. The van der Waals surface area contributed by atoms with Crippen LogP contribution < -0.4 is 26.2 Å². The van der Waals surface area contributed by atoms with Gasteiger partial charge in [-0.2, -0.15) is 5.26 Å². The van der Waals surface area contributed by atoms with Crippen molar-refractivity contribution in [2.75, 3.05) is 9.80 Å². The number of anilines is 6.